The standard InChI is InChI=1S/C35H35N7O7/c1-15(2)25-33-41-26(32-38-23(14-46-32)29-36-17(5)49-42-29)28(48-33)35-19-8-6-7-9-21(19)39-34(35)47-24-11-10-18(12-20(24)35)13-22(30(44)40-25)37-31(45)27(43)16(3)4/h6-12,14-16,22,25,27,34,39,43H,13H2,1-5H3,(H,37,45)(H,40,44)/t22-,25-,27-,34+,35?/m0/s1. The number of benzene rings is 2. The van der Waals surface area contributed by atoms with Gasteiger partial charge in [-0.3, -0.25) is 9.59 Å². The number of aryl methyl sites for hydroxylation is 1. The van der Waals surface area contributed by atoms with Crippen molar-refractivity contribution in [3.63, 3.8) is 0 Å². The molecule has 0 radical (unpaired) electrons. The zero-order valence-electron chi connectivity index (χ0n) is 27.5. The molecule has 1 unspecified atom stereocenters. The van der Waals surface area contributed by atoms with Crippen LogP contribution in [0, 0.1) is 18.8 Å². The molecule has 8 rings (SSSR count). The van der Waals surface area contributed by atoms with Crippen LogP contribution in [0.25, 0.3) is 23.1 Å². The van der Waals surface area contributed by atoms with Gasteiger partial charge < -0.3 is 39.2 Å². The number of rotatable bonds is 6. The van der Waals surface area contributed by atoms with Crippen LogP contribution in [0.5, 0.6) is 5.75 Å². The van der Waals surface area contributed by atoms with Crippen molar-refractivity contribution in [2.75, 3.05) is 5.32 Å². The molecule has 4 N–H and O–H groups in total. The van der Waals surface area contributed by atoms with Crippen LogP contribution in [-0.4, -0.2) is 55.4 Å². The molecule has 2 aromatic carbocycles. The maximum Gasteiger partial charge on any atom is 0.249 e. The van der Waals surface area contributed by atoms with Crippen molar-refractivity contribution in [2.24, 2.45) is 11.8 Å². The Bertz CT molecular complexity index is 2100. The van der Waals surface area contributed by atoms with Crippen LogP contribution >= 0.6 is 0 Å². The predicted molar refractivity (Wildman–Crippen MR) is 173 cm³/mol. The van der Waals surface area contributed by atoms with Crippen LogP contribution in [0.1, 0.15) is 68.0 Å². The number of amides is 2. The summed E-state index contributed by atoms with van der Waals surface area (Å²) in [5.41, 5.74) is 2.91. The highest BCUT2D eigenvalue weighted by atomic mass is 16.5. The number of hydrogen-bond donors (Lipinski definition) is 4. The van der Waals surface area contributed by atoms with Crippen molar-refractivity contribution >= 4 is 17.5 Å². The smallest absolute Gasteiger partial charge is 0.249 e. The van der Waals surface area contributed by atoms with Crippen molar-refractivity contribution in [3.8, 4) is 28.9 Å². The van der Waals surface area contributed by atoms with Crippen molar-refractivity contribution in [3.05, 3.63) is 83.0 Å². The van der Waals surface area contributed by atoms with E-state index in [2.05, 4.69) is 26.1 Å². The molecule has 14 nitrogen and oxygen atoms in total. The van der Waals surface area contributed by atoms with Gasteiger partial charge in [0.25, 0.3) is 0 Å². The summed E-state index contributed by atoms with van der Waals surface area (Å²) in [4.78, 5) is 41.1. The van der Waals surface area contributed by atoms with E-state index < -0.39 is 41.6 Å². The molecule has 5 aromatic rings. The van der Waals surface area contributed by atoms with E-state index in [-0.39, 0.29) is 35.9 Å². The number of ether oxygens (including phenoxy) is 1. The summed E-state index contributed by atoms with van der Waals surface area (Å²) in [7, 11) is 0. The summed E-state index contributed by atoms with van der Waals surface area (Å²) >= 11 is 0. The average molecular weight is 666 g/mol. The van der Waals surface area contributed by atoms with Crippen LogP contribution in [0.3, 0.4) is 0 Å². The fourth-order valence-electron chi connectivity index (χ4n) is 6.90. The minimum atomic E-state index is -1.28. The molecule has 252 valence electrons. The summed E-state index contributed by atoms with van der Waals surface area (Å²) in [6.45, 7) is 9.03. The van der Waals surface area contributed by atoms with Crippen LogP contribution in [0.15, 0.2) is 62.1 Å². The molecule has 0 saturated heterocycles. The highest BCUT2D eigenvalue weighted by molar-refractivity contribution is 5.90. The Morgan fingerprint density at radius 2 is 1.88 bits per heavy atom. The second-order valence-electron chi connectivity index (χ2n) is 13.4. The quantitative estimate of drug-likeness (QED) is 0.204. The number of carbonyl (C=O) groups is 2. The normalized spacial score (nSPS) is 22.8. The summed E-state index contributed by atoms with van der Waals surface area (Å²) < 4.78 is 24.6. The van der Waals surface area contributed by atoms with E-state index in [0.29, 0.717) is 28.8 Å². The molecule has 1 spiro atoms. The molecular formula is C35H35N7O7. The Balaban J connectivity index is 1.36. The van der Waals surface area contributed by atoms with E-state index in [1.807, 2.05) is 56.3 Å². The first-order valence-electron chi connectivity index (χ1n) is 16.3. The molecule has 3 aliphatic heterocycles. The predicted octanol–water partition coefficient (Wildman–Crippen LogP) is 4.04. The Kier molecular flexibility index (Phi) is 7.10. The number of oxazole rings is 2. The number of aliphatic hydroxyl groups excluding tert-OH is 1. The van der Waals surface area contributed by atoms with Gasteiger partial charge in [-0.25, -0.2) is 9.97 Å². The minimum Gasteiger partial charge on any atom is -0.469 e. The van der Waals surface area contributed by atoms with Gasteiger partial charge in [0.05, 0.1) is 0 Å². The van der Waals surface area contributed by atoms with Gasteiger partial charge in [-0.15, -0.1) is 0 Å². The lowest BCUT2D eigenvalue weighted by Crippen LogP contribution is -2.52. The first kappa shape index (κ1) is 30.8. The maximum atomic E-state index is 14.0. The first-order chi connectivity index (χ1) is 23.5. The summed E-state index contributed by atoms with van der Waals surface area (Å²) in [5, 5.41) is 23.9. The van der Waals surface area contributed by atoms with Gasteiger partial charge in [0, 0.05) is 24.6 Å². The summed E-state index contributed by atoms with van der Waals surface area (Å²) in [6, 6.07) is 11.9. The maximum absolute atomic E-state index is 14.0. The SMILES string of the molecule is Cc1nc(-c2coc(-c3nc4oc3C35c6ccccc6N[C@@H]3Oc3ccc(cc35)C[C@H](NC(=O)[C@@H](O)C(C)C)C(=O)N[C@H]4C(C)C)n2)no1. The second kappa shape index (κ2) is 11.3. The number of para-hydroxylation sites is 1. The number of nitrogens with one attached hydrogen (secondary N) is 3. The van der Waals surface area contributed by atoms with E-state index in [4.69, 9.17) is 28.1 Å². The second-order valence-corrected chi connectivity index (χ2v) is 13.4. The third-order valence-corrected chi connectivity index (χ3v) is 9.41. The van der Waals surface area contributed by atoms with Crippen molar-refractivity contribution in [1.82, 2.24) is 30.7 Å². The third kappa shape index (κ3) is 4.80. The molecule has 2 amide bonds. The van der Waals surface area contributed by atoms with Crippen LogP contribution in [0.4, 0.5) is 5.69 Å². The van der Waals surface area contributed by atoms with Crippen molar-refractivity contribution in [1.29, 1.82) is 0 Å². The van der Waals surface area contributed by atoms with E-state index in [0.717, 1.165) is 22.4 Å². The highest BCUT2D eigenvalue weighted by Gasteiger charge is 2.61. The largest absolute Gasteiger partial charge is 0.469 e. The minimum absolute atomic E-state index is 0.154. The van der Waals surface area contributed by atoms with Crippen LogP contribution < -0.4 is 20.7 Å². The fourth-order valence-corrected chi connectivity index (χ4v) is 6.90. The van der Waals surface area contributed by atoms with Crippen molar-refractivity contribution in [2.45, 2.75) is 70.9 Å². The number of anilines is 1. The lowest BCUT2D eigenvalue weighted by atomic mass is 9.72. The molecule has 3 aromatic heterocycles. The highest BCUT2D eigenvalue weighted by Crippen LogP contribution is 2.59. The van der Waals surface area contributed by atoms with E-state index in [9.17, 15) is 14.7 Å². The number of carbonyl (C=O) groups excluding carboxylic acids is 2. The lowest BCUT2D eigenvalue weighted by molar-refractivity contribution is -0.135. The molecule has 3 aliphatic rings. The van der Waals surface area contributed by atoms with Crippen LogP contribution in [0.2, 0.25) is 0 Å². The number of aliphatic hydroxyl groups is 1. The zero-order chi connectivity index (χ0) is 34.2. The average Bonchev–Trinajstić information content (AvgIpc) is 3.89. The van der Waals surface area contributed by atoms with Gasteiger partial charge in [0.2, 0.25) is 35.3 Å². The van der Waals surface area contributed by atoms with Gasteiger partial charge in [-0.2, -0.15) is 4.98 Å². The molecule has 5 atom stereocenters. The zero-order valence-corrected chi connectivity index (χ0v) is 27.5. The molecule has 4 bridgehead atoms. The number of nitrogens with zero attached hydrogens (tertiary/aromatic N) is 4. The third-order valence-electron chi connectivity index (χ3n) is 9.41. The molecule has 0 aliphatic carbocycles. The Hall–Kier alpha value is -5.50. The Morgan fingerprint density at radius 3 is 2.63 bits per heavy atom. The summed E-state index contributed by atoms with van der Waals surface area (Å²) in [6.07, 6.45) is -0.328. The van der Waals surface area contributed by atoms with Gasteiger partial charge in [0.15, 0.2) is 23.4 Å². The number of fused-ring (bicyclic) bond motifs is 4. The van der Waals surface area contributed by atoms with Gasteiger partial charge in [-0.1, -0.05) is 63.2 Å². The Morgan fingerprint density at radius 1 is 1.06 bits per heavy atom. The molecule has 6 heterocycles. The summed E-state index contributed by atoms with van der Waals surface area (Å²) in [5.74, 6) is 0.436. The topological polar surface area (TPSA) is 191 Å². The molecular weight excluding hydrogens is 630 g/mol. The molecule has 14 heteroatoms. The van der Waals surface area contributed by atoms with Crippen molar-refractivity contribution < 1.29 is 32.8 Å². The Labute approximate surface area is 280 Å². The van der Waals surface area contributed by atoms with Gasteiger partial charge >= 0.3 is 0 Å². The number of aromatic nitrogens is 4. The van der Waals surface area contributed by atoms with E-state index >= 15 is 0 Å². The van der Waals surface area contributed by atoms with Gasteiger partial charge in [-0.05, 0) is 35.1 Å². The van der Waals surface area contributed by atoms with Crippen LogP contribution in [-0.2, 0) is 21.4 Å². The lowest BCUT2D eigenvalue weighted by Gasteiger charge is -2.29. The molecule has 0 fully saturated rings. The fraction of sp³-hybridized carbons (Fsp3) is 0.371. The molecule has 49 heavy (non-hydrogen) atoms. The first-order valence-corrected chi connectivity index (χ1v) is 16.3. The van der Waals surface area contributed by atoms with Gasteiger partial charge in [0.1, 0.15) is 35.6 Å². The van der Waals surface area contributed by atoms with E-state index in [1.165, 1.54) is 6.26 Å². The van der Waals surface area contributed by atoms with E-state index in [1.54, 1.807) is 20.8 Å². The molecule has 0 saturated carbocycles. The monoisotopic (exact) mass is 665 g/mol. The number of hydrogen-bond acceptors (Lipinski definition) is 12.